The van der Waals surface area contributed by atoms with Gasteiger partial charge in [0.25, 0.3) is 0 Å². The van der Waals surface area contributed by atoms with Crippen molar-refractivity contribution in [1.29, 1.82) is 0 Å². The first kappa shape index (κ1) is 43.0. The van der Waals surface area contributed by atoms with Gasteiger partial charge in [0.05, 0.1) is 11.4 Å². The van der Waals surface area contributed by atoms with Crippen LogP contribution in [0.4, 0.5) is 11.4 Å². The molecule has 9 nitrogen and oxygen atoms in total. The smallest absolute Gasteiger partial charge is 0.335 e. The molecule has 282 valence electrons. The van der Waals surface area contributed by atoms with Crippen LogP contribution in [0.3, 0.4) is 0 Å². The molecule has 4 aromatic carbocycles. The van der Waals surface area contributed by atoms with Crippen LogP contribution in [0.25, 0.3) is 17.7 Å². The summed E-state index contributed by atoms with van der Waals surface area (Å²) in [6.45, 7) is 5.55. The van der Waals surface area contributed by atoms with Gasteiger partial charge in [0, 0.05) is 29.4 Å². The molecule has 0 aromatic heterocycles. The van der Waals surface area contributed by atoms with Crippen molar-refractivity contribution >= 4 is 65.2 Å². The normalized spacial score (nSPS) is 13.9. The maximum atomic E-state index is 9.77. The summed E-state index contributed by atoms with van der Waals surface area (Å²) in [6, 6.07) is 34.7. The van der Waals surface area contributed by atoms with Crippen LogP contribution in [-0.4, -0.2) is 102 Å². The van der Waals surface area contributed by atoms with Crippen molar-refractivity contribution in [2.45, 2.75) is 35.3 Å². The minimum Gasteiger partial charge on any atom is -0.479 e. The van der Waals surface area contributed by atoms with Gasteiger partial charge in [-0.3, -0.25) is 0 Å². The standard InChI is InChI=1S/C20H21N.C18H22N2S.C4H6O6.ClH/c1-21(2)15-7-12-20-18-10-5-3-8-16(18)13-14-17-9-4-6-11-19(17)20;1-14(12-19(2)3)13-20-15-8-4-6-10-17(15)21-18-11-7-5-9-16(18)20;5-1(3(7)8)2(6)4(9)10;/h3-6,8-14H,7,15H2,1-2H3;4-11,14H,12-13H2,1-3H3;1-2,5-6H,(H,7,8)(H,9,10);1H. The Morgan fingerprint density at radius 1 is 0.698 bits per heavy atom. The molecular weight excluding hydrogens is 710 g/mol. The van der Waals surface area contributed by atoms with Crippen LogP contribution in [0.15, 0.2) is 113 Å². The van der Waals surface area contributed by atoms with E-state index in [1.807, 2.05) is 11.8 Å². The molecule has 1 aliphatic heterocycles. The number of benzene rings is 4. The van der Waals surface area contributed by atoms with E-state index in [-0.39, 0.29) is 12.4 Å². The number of hydrogen-bond acceptors (Lipinski definition) is 8. The molecule has 1 aliphatic carbocycles. The molecule has 6 rings (SSSR count). The van der Waals surface area contributed by atoms with Gasteiger partial charge in [0.15, 0.2) is 12.2 Å². The van der Waals surface area contributed by atoms with Gasteiger partial charge >= 0.3 is 11.9 Å². The van der Waals surface area contributed by atoms with Gasteiger partial charge in [-0.05, 0) is 92.6 Å². The van der Waals surface area contributed by atoms with E-state index >= 15 is 0 Å². The van der Waals surface area contributed by atoms with E-state index in [1.165, 1.54) is 49.0 Å². The van der Waals surface area contributed by atoms with Gasteiger partial charge in [-0.15, -0.1) is 12.4 Å². The number of hydrogen-bond donors (Lipinski definition) is 4. The first-order chi connectivity index (χ1) is 24.9. The highest BCUT2D eigenvalue weighted by atomic mass is 35.5. The molecule has 4 aromatic rings. The quantitative estimate of drug-likeness (QED) is 0.115. The second kappa shape index (κ2) is 20.7. The summed E-state index contributed by atoms with van der Waals surface area (Å²) in [4.78, 5) is 29.2. The SMILES string of the molecule is CC(CN(C)C)CN1c2ccccc2Sc2ccccc21.CN(C)CCC=C1c2ccccc2C=Cc2ccccc21.Cl.O=C(O)C(O)C(O)C(=O)O. The Morgan fingerprint density at radius 3 is 1.57 bits per heavy atom. The number of para-hydroxylation sites is 2. The van der Waals surface area contributed by atoms with Crippen LogP contribution in [-0.2, 0) is 9.59 Å². The molecule has 0 spiro atoms. The number of carboxylic acids is 2. The van der Waals surface area contributed by atoms with Crippen molar-refractivity contribution in [1.82, 2.24) is 9.80 Å². The van der Waals surface area contributed by atoms with Crippen molar-refractivity contribution in [3.05, 3.63) is 125 Å². The lowest BCUT2D eigenvalue weighted by Gasteiger charge is -2.35. The number of carbonyl (C=O) groups is 2. The Hall–Kier alpha value is -4.42. The van der Waals surface area contributed by atoms with E-state index in [1.54, 1.807) is 0 Å². The van der Waals surface area contributed by atoms with E-state index in [4.69, 9.17) is 20.4 Å². The zero-order valence-electron chi connectivity index (χ0n) is 30.8. The Morgan fingerprint density at radius 2 is 1.13 bits per heavy atom. The lowest BCUT2D eigenvalue weighted by molar-refractivity contribution is -0.165. The third-order valence-electron chi connectivity index (χ3n) is 8.38. The fourth-order valence-corrected chi connectivity index (χ4v) is 7.12. The molecule has 3 atom stereocenters. The van der Waals surface area contributed by atoms with Gasteiger partial charge in [-0.1, -0.05) is 110 Å². The van der Waals surface area contributed by atoms with Crippen LogP contribution in [0, 0.1) is 5.92 Å². The highest BCUT2D eigenvalue weighted by molar-refractivity contribution is 7.99. The third-order valence-corrected chi connectivity index (χ3v) is 9.51. The topological polar surface area (TPSA) is 125 Å². The molecule has 1 heterocycles. The fraction of sp³-hybridized carbons (Fsp3) is 0.286. The van der Waals surface area contributed by atoms with Crippen LogP contribution in [0.1, 0.15) is 35.6 Å². The number of fused-ring (bicyclic) bond motifs is 4. The predicted octanol–water partition coefficient (Wildman–Crippen LogP) is 7.34. The van der Waals surface area contributed by atoms with E-state index < -0.39 is 24.1 Å². The summed E-state index contributed by atoms with van der Waals surface area (Å²) < 4.78 is 0. The van der Waals surface area contributed by atoms with Crippen molar-refractivity contribution in [2.24, 2.45) is 5.92 Å². The monoisotopic (exact) mass is 759 g/mol. The molecule has 2 aliphatic rings. The Balaban J connectivity index is 0.000000226. The number of aliphatic hydroxyl groups is 2. The number of anilines is 2. The highest BCUT2D eigenvalue weighted by Gasteiger charge is 2.29. The minimum atomic E-state index is -2.27. The third kappa shape index (κ3) is 12.0. The number of aliphatic carboxylic acids is 2. The molecule has 53 heavy (non-hydrogen) atoms. The van der Waals surface area contributed by atoms with Gasteiger partial charge in [0.1, 0.15) is 0 Å². The summed E-state index contributed by atoms with van der Waals surface area (Å²) in [5.74, 6) is -2.92. The average Bonchev–Trinajstić information content (AvgIpc) is 3.28. The Kier molecular flexibility index (Phi) is 16.8. The van der Waals surface area contributed by atoms with E-state index in [2.05, 4.69) is 165 Å². The molecule has 4 N–H and O–H groups in total. The number of aliphatic hydroxyl groups excluding tert-OH is 2. The summed E-state index contributed by atoms with van der Waals surface area (Å²) in [5.41, 5.74) is 9.29. The second-order valence-electron chi connectivity index (χ2n) is 13.3. The molecule has 0 saturated heterocycles. The average molecular weight is 760 g/mol. The summed E-state index contributed by atoms with van der Waals surface area (Å²) >= 11 is 1.88. The maximum Gasteiger partial charge on any atom is 0.335 e. The van der Waals surface area contributed by atoms with Gasteiger partial charge in [-0.25, -0.2) is 9.59 Å². The summed E-state index contributed by atoms with van der Waals surface area (Å²) in [7, 11) is 8.53. The molecule has 0 amide bonds. The lowest BCUT2D eigenvalue weighted by atomic mass is 9.93. The first-order valence-electron chi connectivity index (χ1n) is 17.2. The van der Waals surface area contributed by atoms with Crippen molar-refractivity contribution < 1.29 is 30.0 Å². The number of carboxylic acid groups (broad SMARTS) is 2. The second-order valence-corrected chi connectivity index (χ2v) is 14.4. The van der Waals surface area contributed by atoms with Crippen molar-refractivity contribution in [2.75, 3.05) is 52.7 Å². The summed E-state index contributed by atoms with van der Waals surface area (Å²) in [6.07, 6.45) is 3.35. The fourth-order valence-electron chi connectivity index (χ4n) is 6.03. The Bertz CT molecular complexity index is 1770. The number of rotatable bonds is 10. The number of nitrogens with zero attached hydrogens (tertiary/aromatic N) is 3. The molecule has 0 bridgehead atoms. The van der Waals surface area contributed by atoms with E-state index in [9.17, 15) is 9.59 Å². The zero-order valence-corrected chi connectivity index (χ0v) is 32.4. The maximum absolute atomic E-state index is 9.77. The molecular formula is C42H50ClN3O6S. The highest BCUT2D eigenvalue weighted by Crippen LogP contribution is 2.48. The van der Waals surface area contributed by atoms with Crippen molar-refractivity contribution in [3.63, 3.8) is 0 Å². The minimum absolute atomic E-state index is 0. The van der Waals surface area contributed by atoms with Crippen LogP contribution >= 0.6 is 24.2 Å². The first-order valence-corrected chi connectivity index (χ1v) is 18.0. The lowest BCUT2D eigenvalue weighted by Crippen LogP contribution is -2.39. The molecule has 11 heteroatoms. The van der Waals surface area contributed by atoms with Crippen LogP contribution in [0.5, 0.6) is 0 Å². The van der Waals surface area contributed by atoms with E-state index in [0.29, 0.717) is 5.92 Å². The molecule has 0 fully saturated rings. The number of halogens is 1. The molecule has 3 unspecified atom stereocenters. The predicted molar refractivity (Wildman–Crippen MR) is 218 cm³/mol. The van der Waals surface area contributed by atoms with E-state index in [0.717, 1.165) is 26.1 Å². The largest absolute Gasteiger partial charge is 0.479 e. The van der Waals surface area contributed by atoms with Gasteiger partial charge in [0.2, 0.25) is 0 Å². The zero-order chi connectivity index (χ0) is 37.8. The summed E-state index contributed by atoms with van der Waals surface area (Å²) in [5, 5.41) is 32.5. The van der Waals surface area contributed by atoms with Crippen molar-refractivity contribution in [3.8, 4) is 0 Å². The van der Waals surface area contributed by atoms with Crippen LogP contribution < -0.4 is 4.90 Å². The molecule has 0 saturated carbocycles. The molecule has 0 radical (unpaired) electrons. The Labute approximate surface area is 323 Å². The van der Waals surface area contributed by atoms with Gasteiger partial charge in [-0.2, -0.15) is 0 Å². The van der Waals surface area contributed by atoms with Crippen LogP contribution in [0.2, 0.25) is 0 Å². The van der Waals surface area contributed by atoms with Gasteiger partial charge < -0.3 is 35.1 Å².